The van der Waals surface area contributed by atoms with Gasteiger partial charge in [0, 0.05) is 17.9 Å². The van der Waals surface area contributed by atoms with E-state index in [2.05, 4.69) is 36.8 Å². The van der Waals surface area contributed by atoms with Gasteiger partial charge >= 0.3 is 0 Å². The molecule has 2 aromatic rings. The van der Waals surface area contributed by atoms with Gasteiger partial charge in [0.05, 0.1) is 12.9 Å². The Morgan fingerprint density at radius 2 is 2.14 bits per heavy atom. The predicted molar refractivity (Wildman–Crippen MR) is 97.5 cm³/mol. The molecule has 0 radical (unpaired) electrons. The third-order valence-electron chi connectivity index (χ3n) is 4.31. The summed E-state index contributed by atoms with van der Waals surface area (Å²) in [4.78, 5) is 15.3. The Labute approximate surface area is 159 Å². The van der Waals surface area contributed by atoms with Crippen LogP contribution in [0.2, 0.25) is 0 Å². The number of aromatic nitrogens is 4. The summed E-state index contributed by atoms with van der Waals surface area (Å²) in [6.45, 7) is -0.00788. The first kappa shape index (κ1) is 19.8. The van der Waals surface area contributed by atoms with E-state index in [1.54, 1.807) is 0 Å². The maximum atomic E-state index is 10.2. The molecular weight excluding hydrogens is 368 g/mol. The molecule has 0 bridgehead atoms. The molecule has 4 atom stereocenters. The molecule has 12 heteroatoms. The molecule has 0 saturated carbocycles. The molecule has 3 rings (SSSR count). The van der Waals surface area contributed by atoms with E-state index in [0.717, 1.165) is 12.8 Å². The molecule has 12 nitrogen and oxygen atoms in total. The van der Waals surface area contributed by atoms with Crippen LogP contribution in [0.15, 0.2) is 11.4 Å². The van der Waals surface area contributed by atoms with E-state index >= 15 is 0 Å². The Hall–Kier alpha value is -2.94. The summed E-state index contributed by atoms with van der Waals surface area (Å²) in [5.74, 6) is 6.08. The third kappa shape index (κ3) is 3.99. The van der Waals surface area contributed by atoms with E-state index < -0.39 is 31.1 Å². The number of anilines is 1. The molecule has 1 aliphatic rings. The number of nitrogens with zero attached hydrogens (tertiary/aromatic N) is 7. The van der Waals surface area contributed by atoms with Crippen molar-refractivity contribution in [1.82, 2.24) is 19.5 Å². The number of rotatable bonds is 6. The van der Waals surface area contributed by atoms with Gasteiger partial charge in [-0.15, -0.1) is 0 Å². The second-order valence-electron chi connectivity index (χ2n) is 6.20. The molecule has 1 saturated heterocycles. The minimum atomic E-state index is -1.27. The average molecular weight is 388 g/mol. The summed E-state index contributed by atoms with van der Waals surface area (Å²) < 4.78 is 6.95. The predicted octanol–water partition coefficient (Wildman–Crippen LogP) is -0.148. The minimum Gasteiger partial charge on any atom is -0.394 e. The van der Waals surface area contributed by atoms with Gasteiger partial charge in [0.25, 0.3) is 0 Å². The van der Waals surface area contributed by atoms with Gasteiger partial charge in [0.1, 0.15) is 23.8 Å². The number of imidazole rings is 1. The quantitative estimate of drug-likeness (QED) is 0.173. The summed E-state index contributed by atoms with van der Waals surface area (Å²) in [5, 5.41) is 32.9. The van der Waals surface area contributed by atoms with E-state index in [9.17, 15) is 15.3 Å². The zero-order chi connectivity index (χ0) is 20.1. The third-order valence-corrected chi connectivity index (χ3v) is 4.31. The molecule has 0 unspecified atom stereocenters. The summed E-state index contributed by atoms with van der Waals surface area (Å²) in [6, 6.07) is 0. The Morgan fingerprint density at radius 1 is 1.32 bits per heavy atom. The molecular formula is C16H20N8O4. The van der Waals surface area contributed by atoms with Crippen molar-refractivity contribution in [3.63, 3.8) is 0 Å². The van der Waals surface area contributed by atoms with Gasteiger partial charge in [-0.3, -0.25) is 4.57 Å². The normalized spacial score (nSPS) is 24.0. The summed E-state index contributed by atoms with van der Waals surface area (Å²) in [7, 11) is 0. The van der Waals surface area contributed by atoms with Crippen LogP contribution in [0.3, 0.4) is 0 Å². The highest BCUT2D eigenvalue weighted by atomic mass is 16.6. The molecule has 28 heavy (non-hydrogen) atoms. The topological polar surface area (TPSA) is 188 Å². The van der Waals surface area contributed by atoms with Crippen LogP contribution in [-0.4, -0.2) is 66.3 Å². The Balaban J connectivity index is 1.81. The molecule has 3 heterocycles. The number of nitrogens with two attached hydrogens (primary N) is 1. The van der Waals surface area contributed by atoms with E-state index in [-0.39, 0.29) is 11.6 Å². The number of nitrogen functional groups attached to an aromatic ring is 1. The summed E-state index contributed by atoms with van der Waals surface area (Å²) in [5.41, 5.74) is 14.8. The molecule has 0 spiro atoms. The number of aliphatic hydroxyl groups excluding tert-OH is 3. The Kier molecular flexibility index (Phi) is 6.25. The van der Waals surface area contributed by atoms with Gasteiger partial charge in [-0.05, 0) is 24.3 Å². The number of hydrogen-bond donors (Lipinski definition) is 4. The maximum Gasteiger partial charge on any atom is 0.208 e. The largest absolute Gasteiger partial charge is 0.394 e. The fourth-order valence-electron chi connectivity index (χ4n) is 2.87. The highest BCUT2D eigenvalue weighted by Gasteiger charge is 2.44. The number of aliphatic hydroxyl groups is 3. The van der Waals surface area contributed by atoms with Crippen molar-refractivity contribution >= 4 is 17.0 Å². The minimum absolute atomic E-state index is 0.128. The lowest BCUT2D eigenvalue weighted by Gasteiger charge is -2.16. The van der Waals surface area contributed by atoms with E-state index in [0.29, 0.717) is 24.1 Å². The summed E-state index contributed by atoms with van der Waals surface area (Å²) in [6.07, 6.45) is -0.940. The van der Waals surface area contributed by atoms with E-state index in [1.165, 1.54) is 10.9 Å². The molecule has 0 aliphatic carbocycles. The number of unbranched alkanes of at least 4 members (excludes halogenated alkanes) is 2. The second-order valence-corrected chi connectivity index (χ2v) is 6.20. The van der Waals surface area contributed by atoms with Crippen molar-refractivity contribution in [2.75, 3.05) is 18.9 Å². The van der Waals surface area contributed by atoms with E-state index in [4.69, 9.17) is 16.0 Å². The number of fused-ring (bicyclic) bond motifs is 1. The lowest BCUT2D eigenvalue weighted by molar-refractivity contribution is -0.0511. The van der Waals surface area contributed by atoms with Gasteiger partial charge in [0.15, 0.2) is 17.7 Å². The fourth-order valence-corrected chi connectivity index (χ4v) is 2.87. The summed E-state index contributed by atoms with van der Waals surface area (Å²) >= 11 is 0. The van der Waals surface area contributed by atoms with E-state index in [1.807, 2.05) is 0 Å². The van der Waals surface area contributed by atoms with Crippen molar-refractivity contribution in [1.29, 1.82) is 0 Å². The number of azide groups is 1. The van der Waals surface area contributed by atoms with Crippen molar-refractivity contribution in [3.8, 4) is 11.8 Å². The molecule has 1 aliphatic heterocycles. The van der Waals surface area contributed by atoms with Gasteiger partial charge in [-0.2, -0.15) is 0 Å². The van der Waals surface area contributed by atoms with Crippen LogP contribution >= 0.6 is 0 Å². The highest BCUT2D eigenvalue weighted by molar-refractivity contribution is 5.82. The van der Waals surface area contributed by atoms with Gasteiger partial charge in [-0.1, -0.05) is 11.0 Å². The smallest absolute Gasteiger partial charge is 0.208 e. The van der Waals surface area contributed by atoms with Crippen molar-refractivity contribution < 1.29 is 20.1 Å². The SMILES string of the molecule is [N-]=[N+]=NCCCCC#Cc1nc(N)c2ncn([C@@H]3O[C@H](CO)[C@@H](O)[C@H]3O)c2n1. The molecule has 0 aromatic carbocycles. The maximum absolute atomic E-state index is 10.2. The van der Waals surface area contributed by atoms with Crippen LogP contribution in [0, 0.1) is 11.8 Å². The van der Waals surface area contributed by atoms with Gasteiger partial charge < -0.3 is 25.8 Å². The zero-order valence-corrected chi connectivity index (χ0v) is 14.9. The standard InChI is InChI=1S/C16H20N8O4/c17-14-11-15(22-10(21-14)5-3-1-2-4-6-20-23-18)24(8-19-11)16-13(27)12(26)9(7-25)28-16/h8-9,12-13,16,25-27H,1-2,4,6-7H2,(H2,17,21,22)/t9-,12-,13-,16-/m1/s1. The molecule has 2 aromatic heterocycles. The second kappa shape index (κ2) is 8.83. The zero-order valence-electron chi connectivity index (χ0n) is 14.9. The van der Waals surface area contributed by atoms with Crippen LogP contribution in [0.4, 0.5) is 5.82 Å². The highest BCUT2D eigenvalue weighted by Crippen LogP contribution is 2.31. The van der Waals surface area contributed by atoms with Crippen molar-refractivity contribution in [2.24, 2.45) is 5.11 Å². The number of ether oxygens (including phenoxy) is 1. The van der Waals surface area contributed by atoms with Gasteiger partial charge in [-0.25, -0.2) is 15.0 Å². The lowest BCUT2D eigenvalue weighted by atomic mass is 10.1. The average Bonchev–Trinajstić information content (AvgIpc) is 3.23. The van der Waals surface area contributed by atoms with Crippen LogP contribution in [-0.2, 0) is 4.74 Å². The molecule has 5 N–H and O–H groups in total. The number of hydrogen-bond acceptors (Lipinski definition) is 9. The molecule has 1 fully saturated rings. The van der Waals surface area contributed by atoms with Crippen molar-refractivity contribution in [2.45, 2.75) is 43.8 Å². The first-order valence-corrected chi connectivity index (χ1v) is 8.69. The fraction of sp³-hybridized carbons (Fsp3) is 0.562. The van der Waals surface area contributed by atoms with Crippen LogP contribution in [0.25, 0.3) is 21.6 Å². The Morgan fingerprint density at radius 3 is 2.86 bits per heavy atom. The van der Waals surface area contributed by atoms with Crippen LogP contribution in [0.5, 0.6) is 0 Å². The van der Waals surface area contributed by atoms with Crippen LogP contribution in [0.1, 0.15) is 31.3 Å². The Bertz CT molecular complexity index is 945. The monoisotopic (exact) mass is 388 g/mol. The first-order chi connectivity index (χ1) is 13.6. The van der Waals surface area contributed by atoms with Gasteiger partial charge in [0.2, 0.25) is 5.82 Å². The lowest BCUT2D eigenvalue weighted by Crippen LogP contribution is -2.33. The van der Waals surface area contributed by atoms with Crippen molar-refractivity contribution in [3.05, 3.63) is 22.6 Å². The molecule has 148 valence electrons. The molecule has 0 amide bonds. The van der Waals surface area contributed by atoms with Crippen LogP contribution < -0.4 is 5.73 Å². The first-order valence-electron chi connectivity index (χ1n) is 8.69.